The molecule has 1 saturated carbocycles. The van der Waals surface area contributed by atoms with Crippen molar-refractivity contribution >= 4 is 17.7 Å². The summed E-state index contributed by atoms with van der Waals surface area (Å²) in [6.07, 6.45) is 5.21. The van der Waals surface area contributed by atoms with Crippen LogP contribution in [0.4, 0.5) is 10.5 Å². The average molecular weight is 359 g/mol. The Morgan fingerprint density at radius 2 is 1.81 bits per heavy atom. The number of aliphatic carboxylic acids is 1. The number of nitrogens with zero attached hydrogens (tertiary/aromatic N) is 2. The molecule has 6 nitrogen and oxygen atoms in total. The van der Waals surface area contributed by atoms with Gasteiger partial charge in [0.05, 0.1) is 5.92 Å². The number of urea groups is 1. The number of hydrogen-bond acceptors (Lipinski definition) is 3. The Kier molecular flexibility index (Phi) is 6.01. The van der Waals surface area contributed by atoms with Crippen LogP contribution in [0.1, 0.15) is 44.1 Å². The number of carbonyl (C=O) groups excluding carboxylic acids is 1. The molecule has 1 heterocycles. The Labute approximate surface area is 155 Å². The fraction of sp³-hybridized carbons (Fsp3) is 0.600. The van der Waals surface area contributed by atoms with Crippen molar-refractivity contribution < 1.29 is 14.7 Å². The lowest BCUT2D eigenvalue weighted by molar-refractivity contribution is -0.142. The normalized spacial score (nSPS) is 22.9. The van der Waals surface area contributed by atoms with Crippen LogP contribution in [0.5, 0.6) is 0 Å². The van der Waals surface area contributed by atoms with Gasteiger partial charge in [0, 0.05) is 38.4 Å². The topological polar surface area (TPSA) is 72.9 Å². The Bertz CT molecular complexity index is 635. The van der Waals surface area contributed by atoms with Gasteiger partial charge in [-0.3, -0.25) is 4.79 Å². The van der Waals surface area contributed by atoms with Gasteiger partial charge in [0.25, 0.3) is 0 Å². The number of hydrogen-bond donors (Lipinski definition) is 2. The van der Waals surface area contributed by atoms with E-state index < -0.39 is 5.97 Å². The Hall–Kier alpha value is -2.24. The molecule has 3 rings (SSSR count). The fourth-order valence-corrected chi connectivity index (χ4v) is 4.01. The Morgan fingerprint density at radius 1 is 1.15 bits per heavy atom. The smallest absolute Gasteiger partial charge is 0.317 e. The first-order chi connectivity index (χ1) is 12.5. The minimum Gasteiger partial charge on any atom is -0.481 e. The molecular formula is C20H29N3O3. The van der Waals surface area contributed by atoms with Crippen molar-refractivity contribution in [3.63, 3.8) is 0 Å². The van der Waals surface area contributed by atoms with E-state index in [1.807, 2.05) is 13.1 Å². The van der Waals surface area contributed by atoms with Gasteiger partial charge in [-0.15, -0.1) is 0 Å². The van der Waals surface area contributed by atoms with E-state index >= 15 is 0 Å². The highest BCUT2D eigenvalue weighted by molar-refractivity contribution is 5.75. The van der Waals surface area contributed by atoms with Gasteiger partial charge < -0.3 is 20.2 Å². The van der Waals surface area contributed by atoms with Gasteiger partial charge in [-0.1, -0.05) is 18.2 Å². The molecule has 26 heavy (non-hydrogen) atoms. The molecule has 2 amide bonds. The van der Waals surface area contributed by atoms with E-state index in [0.29, 0.717) is 19.4 Å². The Balaban J connectivity index is 1.54. The third kappa shape index (κ3) is 4.48. The summed E-state index contributed by atoms with van der Waals surface area (Å²) in [7, 11) is 1.82. The van der Waals surface area contributed by atoms with Crippen molar-refractivity contribution in [1.29, 1.82) is 0 Å². The maximum absolute atomic E-state index is 12.5. The van der Waals surface area contributed by atoms with Crippen LogP contribution in [-0.2, 0) is 11.3 Å². The van der Waals surface area contributed by atoms with Crippen molar-refractivity contribution in [1.82, 2.24) is 10.2 Å². The first-order valence-electron chi connectivity index (χ1n) is 9.62. The maximum Gasteiger partial charge on any atom is 0.317 e. The van der Waals surface area contributed by atoms with Crippen LogP contribution >= 0.6 is 0 Å². The minimum atomic E-state index is -0.717. The molecule has 2 aliphatic rings. The lowest BCUT2D eigenvalue weighted by Gasteiger charge is -2.29. The maximum atomic E-state index is 12.5. The zero-order valence-electron chi connectivity index (χ0n) is 15.5. The van der Waals surface area contributed by atoms with Crippen LogP contribution < -0.4 is 10.2 Å². The largest absolute Gasteiger partial charge is 0.481 e. The predicted octanol–water partition coefficient (Wildman–Crippen LogP) is 3.07. The number of carboxylic acid groups (broad SMARTS) is 1. The van der Waals surface area contributed by atoms with Crippen LogP contribution in [0.25, 0.3) is 0 Å². The van der Waals surface area contributed by atoms with E-state index in [2.05, 4.69) is 28.4 Å². The molecule has 0 atom stereocenters. The van der Waals surface area contributed by atoms with E-state index in [9.17, 15) is 9.59 Å². The predicted molar refractivity (Wildman–Crippen MR) is 101 cm³/mol. The summed E-state index contributed by atoms with van der Waals surface area (Å²) in [4.78, 5) is 27.7. The molecule has 0 radical (unpaired) electrons. The first-order valence-corrected chi connectivity index (χ1v) is 9.62. The fourth-order valence-electron chi connectivity index (χ4n) is 4.01. The van der Waals surface area contributed by atoms with Crippen LogP contribution in [0.3, 0.4) is 0 Å². The molecule has 1 aromatic carbocycles. The van der Waals surface area contributed by atoms with Gasteiger partial charge in [0.2, 0.25) is 0 Å². The average Bonchev–Trinajstić information content (AvgIpc) is 3.17. The van der Waals surface area contributed by atoms with Crippen molar-refractivity contribution in [3.05, 3.63) is 29.8 Å². The molecule has 1 aromatic rings. The second-order valence-corrected chi connectivity index (χ2v) is 7.52. The number of amides is 2. The lowest BCUT2D eigenvalue weighted by Crippen LogP contribution is -2.44. The van der Waals surface area contributed by atoms with Gasteiger partial charge in [-0.05, 0) is 50.2 Å². The standard InChI is InChI=1S/C20H29N3O3/c1-22(20(26)21-17-10-8-15(9-11-17)19(24)25)14-16-6-2-3-7-18(16)23-12-4-5-13-23/h2-3,6-7,15,17H,4-5,8-14H2,1H3,(H,21,26)(H,24,25). The summed E-state index contributed by atoms with van der Waals surface area (Å²) < 4.78 is 0. The van der Waals surface area contributed by atoms with Crippen molar-refractivity contribution in [3.8, 4) is 0 Å². The van der Waals surface area contributed by atoms with Gasteiger partial charge >= 0.3 is 12.0 Å². The summed E-state index contributed by atoms with van der Waals surface area (Å²) in [5, 5.41) is 12.1. The highest BCUT2D eigenvalue weighted by Gasteiger charge is 2.27. The summed E-state index contributed by atoms with van der Waals surface area (Å²) >= 11 is 0. The number of para-hydroxylation sites is 1. The molecule has 2 N–H and O–H groups in total. The monoisotopic (exact) mass is 359 g/mol. The lowest BCUT2D eigenvalue weighted by atomic mass is 9.86. The zero-order chi connectivity index (χ0) is 18.5. The summed E-state index contributed by atoms with van der Waals surface area (Å²) in [5.74, 6) is -0.973. The summed E-state index contributed by atoms with van der Waals surface area (Å²) in [6, 6.07) is 8.30. The number of carbonyl (C=O) groups is 2. The van der Waals surface area contributed by atoms with E-state index in [1.54, 1.807) is 4.90 Å². The number of carboxylic acids is 1. The number of nitrogens with one attached hydrogen (secondary N) is 1. The van der Waals surface area contributed by atoms with Crippen LogP contribution in [-0.4, -0.2) is 48.2 Å². The molecule has 142 valence electrons. The minimum absolute atomic E-state index is 0.0781. The molecule has 2 fully saturated rings. The molecule has 0 aromatic heterocycles. The van der Waals surface area contributed by atoms with Crippen molar-refractivity contribution in [2.45, 2.75) is 51.1 Å². The molecular weight excluding hydrogens is 330 g/mol. The molecule has 1 aliphatic carbocycles. The third-order valence-electron chi connectivity index (χ3n) is 5.60. The van der Waals surface area contributed by atoms with Crippen LogP contribution in [0, 0.1) is 5.92 Å². The third-order valence-corrected chi connectivity index (χ3v) is 5.60. The van der Waals surface area contributed by atoms with Gasteiger partial charge in [-0.2, -0.15) is 0 Å². The zero-order valence-corrected chi connectivity index (χ0v) is 15.5. The molecule has 6 heteroatoms. The van der Waals surface area contributed by atoms with Crippen molar-refractivity contribution in [2.24, 2.45) is 5.92 Å². The first kappa shape index (κ1) is 18.5. The number of rotatable bonds is 5. The Morgan fingerprint density at radius 3 is 2.46 bits per heavy atom. The van der Waals surface area contributed by atoms with Crippen LogP contribution in [0.15, 0.2) is 24.3 Å². The van der Waals surface area contributed by atoms with E-state index in [-0.39, 0.29) is 18.0 Å². The SMILES string of the molecule is CN(Cc1ccccc1N1CCCC1)C(=O)NC1CCC(C(=O)O)CC1. The highest BCUT2D eigenvalue weighted by Crippen LogP contribution is 2.26. The second-order valence-electron chi connectivity index (χ2n) is 7.52. The summed E-state index contributed by atoms with van der Waals surface area (Å²) in [5.41, 5.74) is 2.40. The molecule has 0 bridgehead atoms. The van der Waals surface area contributed by atoms with Crippen LogP contribution in [0.2, 0.25) is 0 Å². The number of benzene rings is 1. The molecule has 1 aliphatic heterocycles. The van der Waals surface area contributed by atoms with E-state index in [1.165, 1.54) is 24.1 Å². The summed E-state index contributed by atoms with van der Waals surface area (Å²) in [6.45, 7) is 2.74. The molecule has 1 saturated heterocycles. The molecule has 0 unspecified atom stereocenters. The number of anilines is 1. The highest BCUT2D eigenvalue weighted by atomic mass is 16.4. The van der Waals surface area contributed by atoms with Gasteiger partial charge in [0.15, 0.2) is 0 Å². The second kappa shape index (κ2) is 8.43. The van der Waals surface area contributed by atoms with Gasteiger partial charge in [-0.25, -0.2) is 4.79 Å². The van der Waals surface area contributed by atoms with E-state index in [0.717, 1.165) is 25.9 Å². The van der Waals surface area contributed by atoms with E-state index in [4.69, 9.17) is 5.11 Å². The molecule has 0 spiro atoms. The van der Waals surface area contributed by atoms with Gasteiger partial charge in [0.1, 0.15) is 0 Å². The van der Waals surface area contributed by atoms with Crippen molar-refractivity contribution in [2.75, 3.05) is 25.0 Å². The quantitative estimate of drug-likeness (QED) is 0.847.